The van der Waals surface area contributed by atoms with Crippen molar-refractivity contribution in [1.82, 2.24) is 5.32 Å². The number of aliphatic hydroxyl groups is 1. The molecule has 1 unspecified atom stereocenters. The molecule has 0 spiro atoms. The number of fused-ring (bicyclic) bond motifs is 3. The molecule has 2 saturated carbocycles. The van der Waals surface area contributed by atoms with Crippen LogP contribution in [0, 0.1) is 17.3 Å². The first-order valence-electron chi connectivity index (χ1n) is 14.7. The van der Waals surface area contributed by atoms with Crippen molar-refractivity contribution >= 4 is 18.0 Å². The number of carbonyl (C=O) groups is 2. The fourth-order valence-corrected chi connectivity index (χ4v) is 7.42. The van der Waals surface area contributed by atoms with Gasteiger partial charge in [-0.1, -0.05) is 43.7 Å². The Bertz CT molecular complexity index is 1220. The van der Waals surface area contributed by atoms with Crippen LogP contribution in [0.4, 0.5) is 0 Å². The number of carbonyl (C=O) groups excluding carboxylic acids is 2. The predicted octanol–water partition coefficient (Wildman–Crippen LogP) is 4.17. The summed E-state index contributed by atoms with van der Waals surface area (Å²) < 4.78 is 23.5. The van der Waals surface area contributed by atoms with Crippen LogP contribution in [0.25, 0.3) is 6.08 Å². The van der Waals surface area contributed by atoms with Gasteiger partial charge in [-0.15, -0.1) is 0 Å². The van der Waals surface area contributed by atoms with Gasteiger partial charge < -0.3 is 29.4 Å². The summed E-state index contributed by atoms with van der Waals surface area (Å²) in [5, 5.41) is 11.7. The third-order valence-electron chi connectivity index (χ3n) is 9.86. The highest BCUT2D eigenvalue weighted by atomic mass is 16.7. The standard InChI is InChI=1S/C32H41NO7/c1-31(2)17-23-20(8-9-27-32(3,40-27)11-10-24(23)31)14-19-6-4-5-7-22(19)30(36)39-26-16-21(29(35)33-12-13-34)15-25-28(26)38-18-37-25/h4-7,14-15,23-28,34H,8-13,16-18H2,1-3H3,(H,33,35)/t23-,24-,25-,26-,27?,28-,32-/m1/s1. The zero-order valence-corrected chi connectivity index (χ0v) is 23.7. The van der Waals surface area contributed by atoms with E-state index in [9.17, 15) is 9.59 Å². The molecule has 1 amide bonds. The first-order valence-corrected chi connectivity index (χ1v) is 14.7. The van der Waals surface area contributed by atoms with Crippen molar-refractivity contribution in [3.63, 3.8) is 0 Å². The van der Waals surface area contributed by atoms with Crippen molar-refractivity contribution < 1.29 is 33.6 Å². The molecule has 8 heteroatoms. The molecule has 4 fully saturated rings. The number of nitrogens with one attached hydrogen (secondary N) is 1. The van der Waals surface area contributed by atoms with E-state index >= 15 is 0 Å². The van der Waals surface area contributed by atoms with Crippen LogP contribution >= 0.6 is 0 Å². The summed E-state index contributed by atoms with van der Waals surface area (Å²) in [5.41, 5.74) is 3.57. The largest absolute Gasteiger partial charge is 0.456 e. The Morgan fingerprint density at radius 3 is 2.80 bits per heavy atom. The number of aliphatic hydroxyl groups excluding tert-OH is 1. The van der Waals surface area contributed by atoms with E-state index in [-0.39, 0.29) is 37.9 Å². The maximum Gasteiger partial charge on any atom is 0.339 e. The van der Waals surface area contributed by atoms with Gasteiger partial charge in [-0.25, -0.2) is 4.79 Å². The molecule has 2 N–H and O–H groups in total. The SMILES string of the molecule is CC1(C)C[C@@H]2C(=Cc3ccccc3C(=O)O[C@@H]3CC(C(=O)NCCO)=C[C@H]4OCO[C@H]43)CCC3O[C@]3(C)CC[C@H]21. The molecule has 5 aliphatic rings. The van der Waals surface area contributed by atoms with Crippen molar-refractivity contribution in [2.45, 2.75) is 89.3 Å². The summed E-state index contributed by atoms with van der Waals surface area (Å²) in [6.07, 6.45) is 8.32. The fourth-order valence-electron chi connectivity index (χ4n) is 7.42. The minimum Gasteiger partial charge on any atom is -0.456 e. The summed E-state index contributed by atoms with van der Waals surface area (Å²) in [5.74, 6) is 0.394. The number of amides is 1. The Morgan fingerprint density at radius 2 is 2.00 bits per heavy atom. The minimum absolute atomic E-state index is 0.0273. The Kier molecular flexibility index (Phi) is 7.40. The predicted molar refractivity (Wildman–Crippen MR) is 148 cm³/mol. The molecule has 7 atom stereocenters. The highest BCUT2D eigenvalue weighted by Crippen LogP contribution is 2.59. The number of ether oxygens (including phenoxy) is 4. The van der Waals surface area contributed by atoms with E-state index in [0.717, 1.165) is 31.2 Å². The third kappa shape index (κ3) is 5.27. The van der Waals surface area contributed by atoms with Crippen LogP contribution in [0.1, 0.15) is 75.2 Å². The molecule has 216 valence electrons. The molecular weight excluding hydrogens is 510 g/mol. The van der Waals surface area contributed by atoms with Crippen LogP contribution < -0.4 is 5.32 Å². The minimum atomic E-state index is -0.660. The second-order valence-corrected chi connectivity index (χ2v) is 12.9. The summed E-state index contributed by atoms with van der Waals surface area (Å²) in [4.78, 5) is 26.2. The molecule has 3 aliphatic carbocycles. The van der Waals surface area contributed by atoms with E-state index in [1.165, 1.54) is 12.0 Å². The highest BCUT2D eigenvalue weighted by Gasteiger charge is 2.56. The van der Waals surface area contributed by atoms with Gasteiger partial charge in [0.2, 0.25) is 5.91 Å². The number of epoxide rings is 1. The normalized spacial score (nSPS) is 36.9. The quantitative estimate of drug-likeness (QED) is 0.404. The molecule has 8 nitrogen and oxygen atoms in total. The van der Waals surface area contributed by atoms with Gasteiger partial charge >= 0.3 is 5.97 Å². The highest BCUT2D eigenvalue weighted by molar-refractivity contribution is 5.95. The van der Waals surface area contributed by atoms with E-state index in [0.29, 0.717) is 34.5 Å². The molecule has 6 rings (SSSR count). The maximum atomic E-state index is 13.6. The fraction of sp³-hybridized carbons (Fsp3) is 0.625. The second kappa shape index (κ2) is 10.7. The Balaban J connectivity index is 1.23. The number of hydrogen-bond donors (Lipinski definition) is 2. The van der Waals surface area contributed by atoms with Crippen LogP contribution in [0.2, 0.25) is 0 Å². The van der Waals surface area contributed by atoms with E-state index in [1.54, 1.807) is 6.08 Å². The molecule has 0 aromatic heterocycles. The lowest BCUT2D eigenvalue weighted by Gasteiger charge is -2.53. The van der Waals surface area contributed by atoms with Gasteiger partial charge in [0, 0.05) is 18.5 Å². The van der Waals surface area contributed by atoms with Crippen LogP contribution in [0.15, 0.2) is 41.5 Å². The lowest BCUT2D eigenvalue weighted by molar-refractivity contribution is -0.118. The second-order valence-electron chi connectivity index (χ2n) is 12.9. The molecule has 1 aromatic carbocycles. The summed E-state index contributed by atoms with van der Waals surface area (Å²) in [7, 11) is 0. The zero-order valence-electron chi connectivity index (χ0n) is 23.7. The monoisotopic (exact) mass is 551 g/mol. The number of esters is 1. The zero-order chi connectivity index (χ0) is 28.1. The summed E-state index contributed by atoms with van der Waals surface area (Å²) in [6, 6.07) is 7.61. The summed E-state index contributed by atoms with van der Waals surface area (Å²) in [6.45, 7) is 7.09. The molecule has 2 saturated heterocycles. The number of allylic oxidation sites excluding steroid dienone is 1. The van der Waals surface area contributed by atoms with E-state index < -0.39 is 24.3 Å². The van der Waals surface area contributed by atoms with Gasteiger partial charge in [-0.05, 0) is 74.0 Å². The van der Waals surface area contributed by atoms with Crippen LogP contribution in [-0.2, 0) is 23.7 Å². The van der Waals surface area contributed by atoms with Gasteiger partial charge in [-0.3, -0.25) is 4.79 Å². The Labute approximate surface area is 236 Å². The maximum absolute atomic E-state index is 13.6. The van der Waals surface area contributed by atoms with Crippen LogP contribution in [0.5, 0.6) is 0 Å². The van der Waals surface area contributed by atoms with Gasteiger partial charge in [0.15, 0.2) is 0 Å². The molecule has 0 radical (unpaired) electrons. The number of hydrogen-bond acceptors (Lipinski definition) is 7. The number of benzene rings is 1. The third-order valence-corrected chi connectivity index (χ3v) is 9.86. The van der Waals surface area contributed by atoms with Gasteiger partial charge in [0.05, 0.1) is 23.9 Å². The molecule has 2 heterocycles. The van der Waals surface area contributed by atoms with Crippen LogP contribution in [0.3, 0.4) is 0 Å². The molecule has 2 aliphatic heterocycles. The van der Waals surface area contributed by atoms with Crippen molar-refractivity contribution in [1.29, 1.82) is 0 Å². The number of rotatable bonds is 6. The Hall–Kier alpha value is -2.52. The summed E-state index contributed by atoms with van der Waals surface area (Å²) >= 11 is 0. The van der Waals surface area contributed by atoms with Crippen molar-refractivity contribution in [2.24, 2.45) is 17.3 Å². The van der Waals surface area contributed by atoms with E-state index in [4.69, 9.17) is 24.1 Å². The van der Waals surface area contributed by atoms with Gasteiger partial charge in [0.25, 0.3) is 0 Å². The first kappa shape index (κ1) is 27.6. The van der Waals surface area contributed by atoms with Crippen molar-refractivity contribution in [3.05, 3.63) is 52.6 Å². The first-order chi connectivity index (χ1) is 19.2. The average Bonchev–Trinajstić information content (AvgIpc) is 3.31. The molecular formula is C32H41NO7. The van der Waals surface area contributed by atoms with Gasteiger partial charge in [-0.2, -0.15) is 0 Å². The van der Waals surface area contributed by atoms with Gasteiger partial charge in [0.1, 0.15) is 25.1 Å². The van der Waals surface area contributed by atoms with Crippen molar-refractivity contribution in [3.8, 4) is 0 Å². The average molecular weight is 552 g/mol. The van der Waals surface area contributed by atoms with E-state index in [2.05, 4.69) is 32.2 Å². The lowest BCUT2D eigenvalue weighted by Crippen LogP contribution is -2.45. The van der Waals surface area contributed by atoms with Crippen molar-refractivity contribution in [2.75, 3.05) is 19.9 Å². The smallest absolute Gasteiger partial charge is 0.339 e. The Morgan fingerprint density at radius 1 is 1.18 bits per heavy atom. The molecule has 40 heavy (non-hydrogen) atoms. The topological polar surface area (TPSA) is 107 Å². The van der Waals surface area contributed by atoms with Crippen LogP contribution in [-0.4, -0.2) is 66.9 Å². The lowest BCUT2D eigenvalue weighted by atomic mass is 9.52. The molecule has 0 bridgehead atoms. The molecule has 1 aromatic rings. The van der Waals surface area contributed by atoms with E-state index in [1.807, 2.05) is 24.3 Å².